The number of hydrogen-bond donors (Lipinski definition) is 2. The van der Waals surface area contributed by atoms with Gasteiger partial charge in [0.25, 0.3) is 0 Å². The zero-order valence-corrected chi connectivity index (χ0v) is 11.9. The lowest BCUT2D eigenvalue weighted by Gasteiger charge is -2.41. The van der Waals surface area contributed by atoms with Crippen LogP contribution in [0.2, 0.25) is 5.02 Å². The summed E-state index contributed by atoms with van der Waals surface area (Å²) in [6.45, 7) is 0. The van der Waals surface area contributed by atoms with E-state index in [1.807, 2.05) is 12.1 Å². The minimum Gasteiger partial charge on any atom is -0.481 e. The summed E-state index contributed by atoms with van der Waals surface area (Å²) in [6.07, 6.45) is 3.50. The van der Waals surface area contributed by atoms with Crippen LogP contribution in [0.4, 0.5) is 0 Å². The number of carboxylic acid groups (broad SMARTS) is 1. The standard InChI is InChI=1S/C15H18ClNO3/c16-12-5-2-11(3-6-12)4-7-13(18)17-15(8-1-9-15)10-14(19)20/h2-3,5-6H,1,4,7-10H2,(H,17,18)(H,19,20). The Morgan fingerprint density at radius 2 is 1.90 bits per heavy atom. The van der Waals surface area contributed by atoms with Gasteiger partial charge in [0.05, 0.1) is 12.0 Å². The van der Waals surface area contributed by atoms with Crippen molar-refractivity contribution in [1.82, 2.24) is 5.32 Å². The average Bonchev–Trinajstić information content (AvgIpc) is 2.35. The smallest absolute Gasteiger partial charge is 0.305 e. The van der Waals surface area contributed by atoms with Gasteiger partial charge in [0.1, 0.15) is 0 Å². The van der Waals surface area contributed by atoms with E-state index in [2.05, 4.69) is 5.32 Å². The molecule has 0 unspecified atom stereocenters. The van der Waals surface area contributed by atoms with Crippen LogP contribution < -0.4 is 5.32 Å². The van der Waals surface area contributed by atoms with E-state index in [4.69, 9.17) is 16.7 Å². The summed E-state index contributed by atoms with van der Waals surface area (Å²) in [5.74, 6) is -0.941. The second kappa shape index (κ2) is 6.27. The number of hydrogen-bond acceptors (Lipinski definition) is 2. The van der Waals surface area contributed by atoms with Crippen LogP contribution in [0.1, 0.15) is 37.7 Å². The Morgan fingerprint density at radius 1 is 1.25 bits per heavy atom. The highest BCUT2D eigenvalue weighted by molar-refractivity contribution is 6.30. The lowest BCUT2D eigenvalue weighted by atomic mass is 9.74. The molecule has 0 heterocycles. The Morgan fingerprint density at radius 3 is 2.40 bits per heavy atom. The molecule has 5 heteroatoms. The number of rotatable bonds is 6. The van der Waals surface area contributed by atoms with Gasteiger partial charge in [-0.3, -0.25) is 9.59 Å². The molecule has 0 radical (unpaired) electrons. The summed E-state index contributed by atoms with van der Waals surface area (Å²) in [5, 5.41) is 12.5. The largest absolute Gasteiger partial charge is 0.481 e. The zero-order valence-electron chi connectivity index (χ0n) is 11.2. The van der Waals surface area contributed by atoms with Crippen molar-refractivity contribution >= 4 is 23.5 Å². The first-order chi connectivity index (χ1) is 9.49. The molecule has 2 N–H and O–H groups in total. The van der Waals surface area contributed by atoms with Crippen LogP contribution in [0.3, 0.4) is 0 Å². The maximum atomic E-state index is 11.9. The molecule has 0 atom stereocenters. The highest BCUT2D eigenvalue weighted by Gasteiger charge is 2.40. The second-order valence-electron chi connectivity index (χ2n) is 5.38. The molecule has 2 rings (SSSR count). The Balaban J connectivity index is 1.83. The maximum absolute atomic E-state index is 11.9. The number of halogens is 1. The summed E-state index contributed by atoms with van der Waals surface area (Å²) in [7, 11) is 0. The van der Waals surface area contributed by atoms with E-state index in [0.29, 0.717) is 17.9 Å². The molecule has 0 spiro atoms. The molecule has 1 aromatic rings. The minimum absolute atomic E-state index is 0.0136. The zero-order chi connectivity index (χ0) is 14.6. The first kappa shape index (κ1) is 14.9. The minimum atomic E-state index is -0.859. The molecule has 1 saturated carbocycles. The summed E-state index contributed by atoms with van der Waals surface area (Å²) in [4.78, 5) is 22.8. The van der Waals surface area contributed by atoms with Crippen LogP contribution in [0.15, 0.2) is 24.3 Å². The van der Waals surface area contributed by atoms with Crippen molar-refractivity contribution in [2.24, 2.45) is 0 Å². The van der Waals surface area contributed by atoms with Crippen LogP contribution in [-0.2, 0) is 16.0 Å². The molecule has 1 aliphatic carbocycles. The van der Waals surface area contributed by atoms with E-state index in [1.54, 1.807) is 12.1 Å². The number of carboxylic acids is 1. The van der Waals surface area contributed by atoms with Crippen LogP contribution >= 0.6 is 11.6 Å². The molecule has 0 aliphatic heterocycles. The first-order valence-corrected chi connectivity index (χ1v) is 7.14. The molecule has 0 saturated heterocycles. The van der Waals surface area contributed by atoms with Gasteiger partial charge in [0, 0.05) is 11.4 Å². The molecular formula is C15H18ClNO3. The number of benzene rings is 1. The first-order valence-electron chi connectivity index (χ1n) is 6.76. The Bertz CT molecular complexity index is 494. The number of carbonyl (C=O) groups is 2. The van der Waals surface area contributed by atoms with Crippen molar-refractivity contribution in [2.45, 2.75) is 44.1 Å². The van der Waals surface area contributed by atoms with Gasteiger partial charge in [-0.25, -0.2) is 0 Å². The van der Waals surface area contributed by atoms with E-state index in [1.165, 1.54) is 0 Å². The van der Waals surface area contributed by atoms with Crippen molar-refractivity contribution in [2.75, 3.05) is 0 Å². The monoisotopic (exact) mass is 295 g/mol. The molecule has 0 aromatic heterocycles. The second-order valence-corrected chi connectivity index (χ2v) is 5.82. The number of aryl methyl sites for hydroxylation is 1. The van der Waals surface area contributed by atoms with Gasteiger partial charge in [0.15, 0.2) is 0 Å². The number of carbonyl (C=O) groups excluding carboxylic acids is 1. The molecule has 0 bridgehead atoms. The van der Waals surface area contributed by atoms with E-state index in [0.717, 1.165) is 24.8 Å². The Kier molecular flexibility index (Phi) is 4.65. The fourth-order valence-electron chi connectivity index (χ4n) is 2.51. The van der Waals surface area contributed by atoms with Crippen LogP contribution in [0.25, 0.3) is 0 Å². The fraction of sp³-hybridized carbons (Fsp3) is 0.467. The van der Waals surface area contributed by atoms with Crippen molar-refractivity contribution in [3.8, 4) is 0 Å². The molecule has 1 amide bonds. The third-order valence-corrected chi connectivity index (χ3v) is 4.01. The summed E-state index contributed by atoms with van der Waals surface area (Å²) in [6, 6.07) is 7.39. The molecule has 108 valence electrons. The lowest BCUT2D eigenvalue weighted by Crippen LogP contribution is -2.54. The third kappa shape index (κ3) is 3.97. The van der Waals surface area contributed by atoms with Crippen LogP contribution in [0.5, 0.6) is 0 Å². The van der Waals surface area contributed by atoms with Crippen molar-refractivity contribution < 1.29 is 14.7 Å². The van der Waals surface area contributed by atoms with E-state index < -0.39 is 11.5 Å². The summed E-state index contributed by atoms with van der Waals surface area (Å²) < 4.78 is 0. The number of amides is 1. The van der Waals surface area contributed by atoms with Gasteiger partial charge in [-0.15, -0.1) is 0 Å². The third-order valence-electron chi connectivity index (χ3n) is 3.76. The summed E-state index contributed by atoms with van der Waals surface area (Å²) >= 11 is 5.80. The summed E-state index contributed by atoms with van der Waals surface area (Å²) in [5.41, 5.74) is 0.536. The van der Waals surface area contributed by atoms with Crippen LogP contribution in [0, 0.1) is 0 Å². The Labute approximate surface area is 123 Å². The van der Waals surface area contributed by atoms with Crippen LogP contribution in [-0.4, -0.2) is 22.5 Å². The van der Waals surface area contributed by atoms with E-state index in [9.17, 15) is 9.59 Å². The van der Waals surface area contributed by atoms with Crippen molar-refractivity contribution in [1.29, 1.82) is 0 Å². The van der Waals surface area contributed by atoms with E-state index >= 15 is 0 Å². The van der Waals surface area contributed by atoms with E-state index in [-0.39, 0.29) is 12.3 Å². The van der Waals surface area contributed by atoms with Gasteiger partial charge in [-0.1, -0.05) is 23.7 Å². The molecule has 20 heavy (non-hydrogen) atoms. The molecule has 1 fully saturated rings. The normalized spacial score (nSPS) is 16.2. The highest BCUT2D eigenvalue weighted by Crippen LogP contribution is 2.35. The van der Waals surface area contributed by atoms with Gasteiger partial charge >= 0.3 is 5.97 Å². The predicted octanol–water partition coefficient (Wildman–Crippen LogP) is 2.79. The van der Waals surface area contributed by atoms with Crippen molar-refractivity contribution in [3.63, 3.8) is 0 Å². The predicted molar refractivity (Wildman–Crippen MR) is 76.8 cm³/mol. The SMILES string of the molecule is O=C(O)CC1(NC(=O)CCc2ccc(Cl)cc2)CCC1. The molecule has 4 nitrogen and oxygen atoms in total. The van der Waals surface area contributed by atoms with Gasteiger partial charge in [-0.2, -0.15) is 0 Å². The quantitative estimate of drug-likeness (QED) is 0.848. The number of aliphatic carboxylic acids is 1. The molecule has 1 aromatic carbocycles. The topological polar surface area (TPSA) is 66.4 Å². The maximum Gasteiger partial charge on any atom is 0.305 e. The highest BCUT2D eigenvalue weighted by atomic mass is 35.5. The average molecular weight is 296 g/mol. The Hall–Kier alpha value is -1.55. The number of nitrogens with one attached hydrogen (secondary N) is 1. The van der Waals surface area contributed by atoms with Gasteiger partial charge < -0.3 is 10.4 Å². The molecular weight excluding hydrogens is 278 g/mol. The lowest BCUT2D eigenvalue weighted by molar-refractivity contribution is -0.140. The van der Waals surface area contributed by atoms with Crippen molar-refractivity contribution in [3.05, 3.63) is 34.9 Å². The molecule has 1 aliphatic rings. The van der Waals surface area contributed by atoms with Gasteiger partial charge in [0.2, 0.25) is 5.91 Å². The fourth-order valence-corrected chi connectivity index (χ4v) is 2.63. The van der Waals surface area contributed by atoms with Gasteiger partial charge in [-0.05, 0) is 43.4 Å².